The maximum Gasteiger partial charge on any atom is 0.338 e. The van der Waals surface area contributed by atoms with Crippen LogP contribution in [0.5, 0.6) is 0 Å². The van der Waals surface area contributed by atoms with E-state index >= 15 is 0 Å². The number of hydrogen-bond donors (Lipinski definition) is 1. The Morgan fingerprint density at radius 1 is 1.22 bits per heavy atom. The van der Waals surface area contributed by atoms with E-state index in [4.69, 9.17) is 5.11 Å². The normalized spacial score (nSPS) is 10.1. The summed E-state index contributed by atoms with van der Waals surface area (Å²) in [5, 5.41) is 8.76. The molecule has 2 aromatic rings. The average Bonchev–Trinajstić information content (AvgIpc) is 2.40. The summed E-state index contributed by atoms with van der Waals surface area (Å²) in [5.41, 5.74) is 1.23. The van der Waals surface area contributed by atoms with E-state index in [1.54, 1.807) is 0 Å². The number of nitrogens with zero attached hydrogens (tertiary/aromatic N) is 3. The zero-order chi connectivity index (χ0) is 13.0. The third-order valence-corrected chi connectivity index (χ3v) is 2.49. The first-order valence-electron chi connectivity index (χ1n) is 5.47. The number of carboxylic acid groups (broad SMARTS) is 1. The summed E-state index contributed by atoms with van der Waals surface area (Å²) in [6, 6.07) is 9.93. The van der Waals surface area contributed by atoms with Crippen LogP contribution in [-0.4, -0.2) is 28.1 Å². The van der Waals surface area contributed by atoms with Crippen LogP contribution in [0.15, 0.2) is 42.7 Å². The molecule has 2 rings (SSSR count). The molecule has 0 bridgehead atoms. The molecule has 0 saturated heterocycles. The van der Waals surface area contributed by atoms with Crippen LogP contribution >= 0.6 is 0 Å². The number of carboxylic acids is 1. The minimum absolute atomic E-state index is 0.0897. The SMILES string of the molecule is CN(Cc1ccccc1)c1ncc(C(=O)O)cn1. The largest absolute Gasteiger partial charge is 0.478 e. The van der Waals surface area contributed by atoms with Crippen molar-refractivity contribution in [2.24, 2.45) is 0 Å². The summed E-state index contributed by atoms with van der Waals surface area (Å²) in [6.07, 6.45) is 2.62. The Morgan fingerprint density at radius 2 is 1.83 bits per heavy atom. The average molecular weight is 243 g/mol. The van der Waals surface area contributed by atoms with Gasteiger partial charge in [-0.1, -0.05) is 30.3 Å². The van der Waals surface area contributed by atoms with E-state index in [1.807, 2.05) is 42.3 Å². The van der Waals surface area contributed by atoms with Crippen molar-refractivity contribution in [1.29, 1.82) is 0 Å². The Kier molecular flexibility index (Phi) is 3.52. The molecule has 0 atom stereocenters. The first-order valence-corrected chi connectivity index (χ1v) is 5.47. The smallest absolute Gasteiger partial charge is 0.338 e. The second-order valence-electron chi connectivity index (χ2n) is 3.92. The van der Waals surface area contributed by atoms with Gasteiger partial charge in [0.1, 0.15) is 0 Å². The van der Waals surface area contributed by atoms with Crippen molar-refractivity contribution in [3.63, 3.8) is 0 Å². The van der Waals surface area contributed by atoms with Crippen molar-refractivity contribution in [3.8, 4) is 0 Å². The molecule has 1 aromatic carbocycles. The van der Waals surface area contributed by atoms with Gasteiger partial charge in [-0.2, -0.15) is 0 Å². The molecule has 0 amide bonds. The summed E-state index contributed by atoms with van der Waals surface area (Å²) >= 11 is 0. The van der Waals surface area contributed by atoms with Crippen LogP contribution in [0.2, 0.25) is 0 Å². The highest BCUT2D eigenvalue weighted by molar-refractivity contribution is 5.86. The topological polar surface area (TPSA) is 66.3 Å². The maximum absolute atomic E-state index is 10.7. The van der Waals surface area contributed by atoms with Gasteiger partial charge in [0, 0.05) is 26.0 Å². The van der Waals surface area contributed by atoms with Crippen LogP contribution in [0.1, 0.15) is 15.9 Å². The van der Waals surface area contributed by atoms with Crippen LogP contribution < -0.4 is 4.90 Å². The van der Waals surface area contributed by atoms with Crippen molar-refractivity contribution in [2.75, 3.05) is 11.9 Å². The molecule has 1 N–H and O–H groups in total. The minimum atomic E-state index is -1.02. The third kappa shape index (κ3) is 2.82. The molecule has 0 fully saturated rings. The molecule has 0 aliphatic rings. The summed E-state index contributed by atoms with van der Waals surface area (Å²) in [7, 11) is 1.86. The summed E-state index contributed by atoms with van der Waals surface area (Å²) in [4.78, 5) is 20.6. The van der Waals surface area contributed by atoms with E-state index in [9.17, 15) is 4.79 Å². The predicted molar refractivity (Wildman–Crippen MR) is 67.5 cm³/mol. The molecule has 5 heteroatoms. The molecule has 0 saturated carbocycles. The first kappa shape index (κ1) is 12.0. The fourth-order valence-corrected chi connectivity index (χ4v) is 1.56. The lowest BCUT2D eigenvalue weighted by Gasteiger charge is -2.16. The molecule has 1 aromatic heterocycles. The van der Waals surface area contributed by atoms with E-state index < -0.39 is 5.97 Å². The highest BCUT2D eigenvalue weighted by atomic mass is 16.4. The number of anilines is 1. The van der Waals surface area contributed by atoms with Gasteiger partial charge in [-0.3, -0.25) is 0 Å². The monoisotopic (exact) mass is 243 g/mol. The Bertz CT molecular complexity index is 526. The number of carbonyl (C=O) groups is 1. The molecule has 5 nitrogen and oxygen atoms in total. The third-order valence-electron chi connectivity index (χ3n) is 2.49. The molecule has 1 heterocycles. The van der Waals surface area contributed by atoms with Gasteiger partial charge >= 0.3 is 5.97 Å². The minimum Gasteiger partial charge on any atom is -0.478 e. The number of benzene rings is 1. The quantitative estimate of drug-likeness (QED) is 0.887. The van der Waals surface area contributed by atoms with Gasteiger partial charge in [0.25, 0.3) is 0 Å². The maximum atomic E-state index is 10.7. The number of aromatic carboxylic acids is 1. The lowest BCUT2D eigenvalue weighted by Crippen LogP contribution is -2.19. The summed E-state index contributed by atoms with van der Waals surface area (Å²) < 4.78 is 0. The Hall–Kier alpha value is -2.43. The van der Waals surface area contributed by atoms with Crippen molar-refractivity contribution in [3.05, 3.63) is 53.9 Å². The lowest BCUT2D eigenvalue weighted by molar-refractivity contribution is 0.0696. The van der Waals surface area contributed by atoms with E-state index in [2.05, 4.69) is 9.97 Å². The molecule has 0 aliphatic carbocycles. The highest BCUT2D eigenvalue weighted by Crippen LogP contribution is 2.09. The van der Waals surface area contributed by atoms with Crippen molar-refractivity contribution in [2.45, 2.75) is 6.54 Å². The number of hydrogen-bond acceptors (Lipinski definition) is 4. The molecule has 18 heavy (non-hydrogen) atoms. The highest BCUT2D eigenvalue weighted by Gasteiger charge is 2.07. The van der Waals surface area contributed by atoms with Gasteiger partial charge in [-0.05, 0) is 5.56 Å². The number of rotatable bonds is 4. The van der Waals surface area contributed by atoms with Gasteiger partial charge < -0.3 is 10.0 Å². The van der Waals surface area contributed by atoms with Crippen LogP contribution in [0, 0.1) is 0 Å². The van der Waals surface area contributed by atoms with E-state index in [-0.39, 0.29) is 5.56 Å². The standard InChI is InChI=1S/C13H13N3O2/c1-16(9-10-5-3-2-4-6-10)13-14-7-11(8-15-13)12(17)18/h2-8H,9H2,1H3,(H,17,18). The molecule has 0 radical (unpaired) electrons. The van der Waals surface area contributed by atoms with E-state index in [1.165, 1.54) is 12.4 Å². The fraction of sp³-hybridized carbons (Fsp3) is 0.154. The molecular formula is C13H13N3O2. The Labute approximate surface area is 105 Å². The van der Waals surface area contributed by atoms with Crippen LogP contribution in [0.4, 0.5) is 5.95 Å². The molecule has 0 spiro atoms. The van der Waals surface area contributed by atoms with Crippen molar-refractivity contribution in [1.82, 2.24) is 9.97 Å². The van der Waals surface area contributed by atoms with Gasteiger partial charge in [-0.15, -0.1) is 0 Å². The van der Waals surface area contributed by atoms with Gasteiger partial charge in [0.15, 0.2) is 0 Å². The Morgan fingerprint density at radius 3 is 2.39 bits per heavy atom. The zero-order valence-electron chi connectivity index (χ0n) is 9.95. The summed E-state index contributed by atoms with van der Waals surface area (Å²) in [5.74, 6) is -0.517. The van der Waals surface area contributed by atoms with Gasteiger partial charge in [0.2, 0.25) is 5.95 Å². The molecule has 0 unspecified atom stereocenters. The number of aromatic nitrogens is 2. The molecule has 0 aliphatic heterocycles. The molecular weight excluding hydrogens is 230 g/mol. The van der Waals surface area contributed by atoms with Crippen molar-refractivity contribution < 1.29 is 9.90 Å². The van der Waals surface area contributed by atoms with Crippen LogP contribution in [0.25, 0.3) is 0 Å². The molecule has 92 valence electrons. The second kappa shape index (κ2) is 5.27. The van der Waals surface area contributed by atoms with E-state index in [0.29, 0.717) is 12.5 Å². The fourth-order valence-electron chi connectivity index (χ4n) is 1.56. The van der Waals surface area contributed by atoms with Crippen molar-refractivity contribution >= 4 is 11.9 Å². The van der Waals surface area contributed by atoms with Gasteiger partial charge in [-0.25, -0.2) is 14.8 Å². The van der Waals surface area contributed by atoms with Crippen LogP contribution in [-0.2, 0) is 6.54 Å². The second-order valence-corrected chi connectivity index (χ2v) is 3.92. The predicted octanol–water partition coefficient (Wildman–Crippen LogP) is 1.81. The zero-order valence-corrected chi connectivity index (χ0v) is 9.95. The summed E-state index contributed by atoms with van der Waals surface area (Å²) in [6.45, 7) is 0.674. The lowest BCUT2D eigenvalue weighted by atomic mass is 10.2. The van der Waals surface area contributed by atoms with Gasteiger partial charge in [0.05, 0.1) is 5.56 Å². The van der Waals surface area contributed by atoms with E-state index in [0.717, 1.165) is 5.56 Å². The van der Waals surface area contributed by atoms with Crippen LogP contribution in [0.3, 0.4) is 0 Å². The Balaban J connectivity index is 2.09. The first-order chi connectivity index (χ1) is 8.66.